The Morgan fingerprint density at radius 1 is 1.33 bits per heavy atom. The first-order valence-electron chi connectivity index (χ1n) is 2.25. The molecule has 0 aromatic rings. The maximum Gasteiger partial charge on any atom is 0.0836 e. The maximum atomic E-state index is 4.89. The third-order valence-corrected chi connectivity index (χ3v) is 0.821. The molecule has 1 fully saturated rings. The Hall–Kier alpha value is -0.0400. The monoisotopic (exact) mass is 84.1 g/mol. The lowest BCUT2D eigenvalue weighted by atomic mass is 10.2. The van der Waals surface area contributed by atoms with Crippen molar-refractivity contribution < 1.29 is 4.74 Å². The molecule has 0 aromatic heterocycles. The SMILES string of the molecule is [CH]1CC[CH]OC1. The molecule has 0 unspecified atom stereocenters. The van der Waals surface area contributed by atoms with Gasteiger partial charge in [0.05, 0.1) is 13.2 Å². The Bertz CT molecular complexity index is 19.4. The largest absolute Gasteiger partial charge is 0.375 e. The first-order chi connectivity index (χ1) is 3.00. The van der Waals surface area contributed by atoms with E-state index >= 15 is 0 Å². The molecule has 1 aliphatic rings. The van der Waals surface area contributed by atoms with E-state index in [9.17, 15) is 0 Å². The summed E-state index contributed by atoms with van der Waals surface area (Å²) in [6.07, 6.45) is 4.43. The van der Waals surface area contributed by atoms with Gasteiger partial charge in [0.15, 0.2) is 0 Å². The summed E-state index contributed by atoms with van der Waals surface area (Å²) in [5.74, 6) is 0. The van der Waals surface area contributed by atoms with E-state index in [4.69, 9.17) is 4.74 Å². The van der Waals surface area contributed by atoms with Crippen molar-refractivity contribution in [3.63, 3.8) is 0 Å². The molecule has 0 atom stereocenters. The second-order valence-corrected chi connectivity index (χ2v) is 1.37. The van der Waals surface area contributed by atoms with Crippen LogP contribution in [0.2, 0.25) is 0 Å². The van der Waals surface area contributed by atoms with Gasteiger partial charge in [0.1, 0.15) is 0 Å². The molecule has 34 valence electrons. The van der Waals surface area contributed by atoms with E-state index in [2.05, 4.69) is 6.42 Å². The second kappa shape index (κ2) is 2.19. The number of rotatable bonds is 0. The van der Waals surface area contributed by atoms with Crippen LogP contribution in [0.5, 0.6) is 0 Å². The summed E-state index contributed by atoms with van der Waals surface area (Å²) in [7, 11) is 0. The predicted octanol–water partition coefficient (Wildman–Crippen LogP) is 1.16. The molecule has 0 saturated carbocycles. The van der Waals surface area contributed by atoms with E-state index in [0.29, 0.717) is 0 Å². The lowest BCUT2D eigenvalue weighted by Crippen LogP contribution is -1.98. The topological polar surface area (TPSA) is 9.23 Å². The average molecular weight is 84.1 g/mol. The average Bonchev–Trinajstić information content (AvgIpc) is 1.72. The molecule has 1 nitrogen and oxygen atoms in total. The minimum absolute atomic E-state index is 0.819. The third kappa shape index (κ3) is 0.977. The molecule has 1 saturated heterocycles. The van der Waals surface area contributed by atoms with Gasteiger partial charge >= 0.3 is 0 Å². The molecular weight excluding hydrogens is 76.1 g/mol. The molecule has 0 bridgehead atoms. The molecule has 0 aliphatic carbocycles. The summed E-state index contributed by atoms with van der Waals surface area (Å²) in [4.78, 5) is 0. The van der Waals surface area contributed by atoms with Crippen LogP contribution < -0.4 is 0 Å². The Morgan fingerprint density at radius 3 is 2.50 bits per heavy atom. The normalized spacial score (nSPS) is 24.0. The molecule has 2 radical (unpaired) electrons. The fourth-order valence-corrected chi connectivity index (χ4v) is 0.489. The minimum Gasteiger partial charge on any atom is -0.375 e. The highest BCUT2D eigenvalue weighted by Gasteiger charge is 1.96. The minimum atomic E-state index is 0.819. The summed E-state index contributed by atoms with van der Waals surface area (Å²) in [5, 5.41) is 0. The highest BCUT2D eigenvalue weighted by Crippen LogP contribution is 2.05. The number of ether oxygens (including phenoxy) is 1. The van der Waals surface area contributed by atoms with Gasteiger partial charge in [0.25, 0.3) is 0 Å². The Kier molecular flexibility index (Phi) is 1.51. The van der Waals surface area contributed by atoms with Crippen molar-refractivity contribution >= 4 is 0 Å². The van der Waals surface area contributed by atoms with Crippen LogP contribution in [0.25, 0.3) is 0 Å². The molecule has 1 heteroatoms. The van der Waals surface area contributed by atoms with Gasteiger partial charge in [-0.1, -0.05) is 0 Å². The van der Waals surface area contributed by atoms with Gasteiger partial charge in [-0.25, -0.2) is 0 Å². The van der Waals surface area contributed by atoms with E-state index in [1.54, 1.807) is 0 Å². The van der Waals surface area contributed by atoms with Crippen molar-refractivity contribution in [2.24, 2.45) is 0 Å². The summed E-state index contributed by atoms with van der Waals surface area (Å²) in [5.41, 5.74) is 0. The predicted molar refractivity (Wildman–Crippen MR) is 23.8 cm³/mol. The smallest absolute Gasteiger partial charge is 0.0836 e. The van der Waals surface area contributed by atoms with Gasteiger partial charge in [-0.05, 0) is 19.3 Å². The molecule has 0 N–H and O–H groups in total. The zero-order valence-corrected chi connectivity index (χ0v) is 3.68. The Labute approximate surface area is 38.3 Å². The van der Waals surface area contributed by atoms with Gasteiger partial charge in [-0.3, -0.25) is 0 Å². The van der Waals surface area contributed by atoms with Crippen LogP contribution in [0, 0.1) is 13.0 Å². The molecule has 0 amide bonds. The Balaban J connectivity index is 2.00. The molecule has 0 spiro atoms. The van der Waals surface area contributed by atoms with Crippen LogP contribution in [-0.4, -0.2) is 6.61 Å². The first-order valence-corrected chi connectivity index (χ1v) is 2.25. The quantitative estimate of drug-likeness (QED) is 0.428. The van der Waals surface area contributed by atoms with Crippen molar-refractivity contribution in [2.45, 2.75) is 12.8 Å². The van der Waals surface area contributed by atoms with E-state index < -0.39 is 0 Å². The number of hydrogen-bond acceptors (Lipinski definition) is 1. The zero-order chi connectivity index (χ0) is 4.24. The summed E-state index contributed by atoms with van der Waals surface area (Å²) >= 11 is 0. The van der Waals surface area contributed by atoms with Crippen LogP contribution in [0.1, 0.15) is 12.8 Å². The van der Waals surface area contributed by atoms with Crippen LogP contribution in [0.15, 0.2) is 0 Å². The maximum absolute atomic E-state index is 4.89. The highest BCUT2D eigenvalue weighted by atomic mass is 16.5. The van der Waals surface area contributed by atoms with Crippen molar-refractivity contribution in [2.75, 3.05) is 6.61 Å². The van der Waals surface area contributed by atoms with Crippen molar-refractivity contribution in [3.8, 4) is 0 Å². The van der Waals surface area contributed by atoms with E-state index in [0.717, 1.165) is 13.0 Å². The zero-order valence-electron chi connectivity index (χ0n) is 3.68. The standard InChI is InChI=1S/C5H8O/c1-2-4-6-5-3-1/h2,5H,1,3-4H2. The van der Waals surface area contributed by atoms with E-state index in [-0.39, 0.29) is 0 Å². The fourth-order valence-electron chi connectivity index (χ4n) is 0.489. The Morgan fingerprint density at radius 2 is 2.33 bits per heavy atom. The van der Waals surface area contributed by atoms with Gasteiger partial charge in [0.2, 0.25) is 0 Å². The molecule has 0 aromatic carbocycles. The summed E-state index contributed by atoms with van der Waals surface area (Å²) in [6.45, 7) is 2.68. The van der Waals surface area contributed by atoms with Crippen LogP contribution in [0.3, 0.4) is 0 Å². The lowest BCUT2D eigenvalue weighted by molar-refractivity contribution is 0.190. The van der Waals surface area contributed by atoms with Gasteiger partial charge in [0, 0.05) is 0 Å². The first kappa shape index (κ1) is 4.13. The highest BCUT2D eigenvalue weighted by molar-refractivity contribution is 4.72. The van der Waals surface area contributed by atoms with E-state index in [1.165, 1.54) is 6.42 Å². The van der Waals surface area contributed by atoms with Gasteiger partial charge in [-0.2, -0.15) is 0 Å². The van der Waals surface area contributed by atoms with Gasteiger partial charge < -0.3 is 4.74 Å². The van der Waals surface area contributed by atoms with Crippen molar-refractivity contribution in [1.29, 1.82) is 0 Å². The third-order valence-electron chi connectivity index (χ3n) is 0.821. The molecule has 6 heavy (non-hydrogen) atoms. The van der Waals surface area contributed by atoms with Crippen LogP contribution in [0.4, 0.5) is 0 Å². The molecule has 1 heterocycles. The van der Waals surface area contributed by atoms with Gasteiger partial charge in [-0.15, -0.1) is 0 Å². The second-order valence-electron chi connectivity index (χ2n) is 1.37. The lowest BCUT2D eigenvalue weighted by Gasteiger charge is -2.06. The van der Waals surface area contributed by atoms with E-state index in [1.807, 2.05) is 6.61 Å². The molecule has 1 rings (SSSR count). The summed E-state index contributed by atoms with van der Waals surface area (Å²) < 4.78 is 4.89. The fraction of sp³-hybridized carbons (Fsp3) is 0.600. The van der Waals surface area contributed by atoms with Crippen LogP contribution in [-0.2, 0) is 4.74 Å². The van der Waals surface area contributed by atoms with Crippen molar-refractivity contribution in [1.82, 2.24) is 0 Å². The van der Waals surface area contributed by atoms with Crippen molar-refractivity contribution in [3.05, 3.63) is 13.0 Å². The van der Waals surface area contributed by atoms with Crippen LogP contribution >= 0.6 is 0 Å². The number of hydrogen-bond donors (Lipinski definition) is 0. The summed E-state index contributed by atoms with van der Waals surface area (Å²) in [6, 6.07) is 0. The molecular formula is C5H8O. The molecule has 1 aliphatic heterocycles.